The average Bonchev–Trinajstić information content (AvgIpc) is 2.99. The van der Waals surface area contributed by atoms with E-state index in [1.54, 1.807) is 6.20 Å². The molecule has 0 saturated heterocycles. The molecule has 5 nitrogen and oxygen atoms in total. The molecule has 1 aromatic carbocycles. The molecule has 0 aliphatic carbocycles. The van der Waals surface area contributed by atoms with Crippen LogP contribution in [0.25, 0.3) is 22.6 Å². The van der Waals surface area contributed by atoms with Gasteiger partial charge in [-0.3, -0.25) is 9.78 Å². The van der Waals surface area contributed by atoms with Crippen molar-refractivity contribution in [2.24, 2.45) is 0 Å². The zero-order chi connectivity index (χ0) is 16.2. The first kappa shape index (κ1) is 15.0. The maximum atomic E-state index is 11.1. The third-order valence-corrected chi connectivity index (χ3v) is 3.50. The van der Waals surface area contributed by atoms with Crippen LogP contribution in [0.4, 0.5) is 0 Å². The highest BCUT2D eigenvalue weighted by Gasteiger charge is 2.15. The molecule has 0 unspecified atom stereocenters. The van der Waals surface area contributed by atoms with Crippen LogP contribution < -0.4 is 5.32 Å². The summed E-state index contributed by atoms with van der Waals surface area (Å²) >= 11 is 0. The van der Waals surface area contributed by atoms with Crippen LogP contribution in [0, 0.1) is 6.92 Å². The first-order chi connectivity index (χ1) is 11.1. The minimum Gasteiger partial charge on any atom is -0.349 e. The maximum Gasteiger partial charge on any atom is 0.217 e. The number of aromatic nitrogens is 3. The fraction of sp³-hybridized carbons (Fsp3) is 0.167. The highest BCUT2D eigenvalue weighted by molar-refractivity contribution is 5.77. The van der Waals surface area contributed by atoms with E-state index in [2.05, 4.69) is 39.3 Å². The van der Waals surface area contributed by atoms with Crippen molar-refractivity contribution in [3.63, 3.8) is 0 Å². The molecule has 0 bridgehead atoms. The van der Waals surface area contributed by atoms with Gasteiger partial charge in [-0.05, 0) is 19.1 Å². The largest absolute Gasteiger partial charge is 0.349 e. The summed E-state index contributed by atoms with van der Waals surface area (Å²) in [5.41, 5.74) is 4.73. The number of carbonyl (C=O) groups is 1. The Morgan fingerprint density at radius 2 is 1.96 bits per heavy atom. The van der Waals surface area contributed by atoms with E-state index in [-0.39, 0.29) is 5.91 Å². The van der Waals surface area contributed by atoms with Crippen molar-refractivity contribution in [1.82, 2.24) is 20.3 Å². The molecular weight excluding hydrogens is 288 g/mol. The summed E-state index contributed by atoms with van der Waals surface area (Å²) in [7, 11) is 0. The number of nitrogens with zero attached hydrogens (tertiary/aromatic N) is 2. The van der Waals surface area contributed by atoms with Crippen LogP contribution in [-0.4, -0.2) is 20.9 Å². The molecule has 0 aliphatic rings. The maximum absolute atomic E-state index is 11.1. The van der Waals surface area contributed by atoms with Gasteiger partial charge in [-0.15, -0.1) is 0 Å². The van der Waals surface area contributed by atoms with Crippen LogP contribution >= 0.6 is 0 Å². The number of pyridine rings is 1. The lowest BCUT2D eigenvalue weighted by Gasteiger charge is -2.02. The minimum absolute atomic E-state index is 0.0855. The van der Waals surface area contributed by atoms with Gasteiger partial charge in [0.15, 0.2) is 0 Å². The summed E-state index contributed by atoms with van der Waals surface area (Å²) in [6, 6.07) is 14.0. The number of amides is 1. The summed E-state index contributed by atoms with van der Waals surface area (Å²) in [6.45, 7) is 3.90. The number of nitrogens with one attached hydrogen (secondary N) is 2. The van der Waals surface area contributed by atoms with Gasteiger partial charge in [0.25, 0.3) is 0 Å². The number of H-pyrrole nitrogens is 1. The number of hydrogen-bond donors (Lipinski definition) is 2. The zero-order valence-corrected chi connectivity index (χ0v) is 13.1. The average molecular weight is 306 g/mol. The van der Waals surface area contributed by atoms with E-state index < -0.39 is 0 Å². The lowest BCUT2D eigenvalue weighted by Crippen LogP contribution is -2.19. The third kappa shape index (κ3) is 3.45. The number of carbonyl (C=O) groups excluding carboxylic acids is 1. The van der Waals surface area contributed by atoms with E-state index in [9.17, 15) is 4.79 Å². The van der Waals surface area contributed by atoms with Gasteiger partial charge in [0.05, 0.1) is 23.6 Å². The smallest absolute Gasteiger partial charge is 0.217 e. The van der Waals surface area contributed by atoms with E-state index >= 15 is 0 Å². The second-order valence-electron chi connectivity index (χ2n) is 5.40. The van der Waals surface area contributed by atoms with Crippen molar-refractivity contribution in [3.8, 4) is 22.6 Å². The molecule has 0 spiro atoms. The minimum atomic E-state index is -0.0855. The Bertz CT molecular complexity index is 807. The van der Waals surface area contributed by atoms with Crippen molar-refractivity contribution in [2.75, 3.05) is 0 Å². The van der Waals surface area contributed by atoms with Crippen molar-refractivity contribution < 1.29 is 4.79 Å². The van der Waals surface area contributed by atoms with Crippen molar-refractivity contribution >= 4 is 5.91 Å². The second kappa shape index (κ2) is 6.44. The standard InChI is InChI=1S/C18H18N4O/c1-12-6-8-14(9-7-12)17-18(15-5-3-4-10-19-15)22-16(21-17)11-20-13(2)23/h3-10H,11H2,1-2H3,(H,20,23)(H,21,22). The van der Waals surface area contributed by atoms with Crippen LogP contribution in [0.3, 0.4) is 0 Å². The second-order valence-corrected chi connectivity index (χ2v) is 5.40. The quantitative estimate of drug-likeness (QED) is 0.778. The number of rotatable bonds is 4. The summed E-state index contributed by atoms with van der Waals surface area (Å²) in [4.78, 5) is 23.5. The monoisotopic (exact) mass is 306 g/mol. The topological polar surface area (TPSA) is 70.7 Å². The molecule has 23 heavy (non-hydrogen) atoms. The summed E-state index contributed by atoms with van der Waals surface area (Å²) in [5.74, 6) is 0.620. The molecule has 2 aromatic heterocycles. The van der Waals surface area contributed by atoms with Gasteiger partial charge in [0, 0.05) is 18.7 Å². The van der Waals surface area contributed by atoms with Gasteiger partial charge >= 0.3 is 0 Å². The van der Waals surface area contributed by atoms with Crippen LogP contribution in [0.5, 0.6) is 0 Å². The van der Waals surface area contributed by atoms with Gasteiger partial charge < -0.3 is 10.3 Å². The predicted molar refractivity (Wildman–Crippen MR) is 89.5 cm³/mol. The Hall–Kier alpha value is -2.95. The lowest BCUT2D eigenvalue weighted by atomic mass is 10.1. The highest BCUT2D eigenvalue weighted by Crippen LogP contribution is 2.29. The lowest BCUT2D eigenvalue weighted by molar-refractivity contribution is -0.119. The molecule has 5 heteroatoms. The van der Waals surface area contributed by atoms with E-state index in [0.717, 1.165) is 22.6 Å². The van der Waals surface area contributed by atoms with Gasteiger partial charge in [-0.1, -0.05) is 35.9 Å². The Morgan fingerprint density at radius 1 is 1.17 bits per heavy atom. The summed E-state index contributed by atoms with van der Waals surface area (Å²) in [5, 5.41) is 2.76. The molecule has 3 aromatic rings. The summed E-state index contributed by atoms with van der Waals surface area (Å²) < 4.78 is 0. The Morgan fingerprint density at radius 3 is 2.61 bits per heavy atom. The van der Waals surface area contributed by atoms with E-state index in [0.29, 0.717) is 12.4 Å². The Kier molecular flexibility index (Phi) is 4.19. The molecule has 0 saturated carbocycles. The number of hydrogen-bond acceptors (Lipinski definition) is 3. The van der Waals surface area contributed by atoms with E-state index in [1.807, 2.05) is 30.3 Å². The zero-order valence-electron chi connectivity index (χ0n) is 13.1. The normalized spacial score (nSPS) is 10.5. The first-order valence-corrected chi connectivity index (χ1v) is 7.45. The molecule has 2 heterocycles. The fourth-order valence-corrected chi connectivity index (χ4v) is 2.33. The van der Waals surface area contributed by atoms with Crippen LogP contribution in [0.2, 0.25) is 0 Å². The van der Waals surface area contributed by atoms with Crippen LogP contribution in [-0.2, 0) is 11.3 Å². The van der Waals surface area contributed by atoms with Crippen molar-refractivity contribution in [2.45, 2.75) is 20.4 Å². The van der Waals surface area contributed by atoms with Crippen molar-refractivity contribution in [1.29, 1.82) is 0 Å². The molecule has 0 atom stereocenters. The van der Waals surface area contributed by atoms with Crippen LogP contribution in [0.1, 0.15) is 18.3 Å². The van der Waals surface area contributed by atoms with Crippen LogP contribution in [0.15, 0.2) is 48.7 Å². The molecule has 116 valence electrons. The van der Waals surface area contributed by atoms with Gasteiger partial charge in [0.2, 0.25) is 5.91 Å². The van der Waals surface area contributed by atoms with Crippen molar-refractivity contribution in [3.05, 3.63) is 60.0 Å². The van der Waals surface area contributed by atoms with E-state index in [4.69, 9.17) is 0 Å². The molecule has 0 aliphatic heterocycles. The summed E-state index contributed by atoms with van der Waals surface area (Å²) in [6.07, 6.45) is 1.75. The third-order valence-electron chi connectivity index (χ3n) is 3.50. The van der Waals surface area contributed by atoms with Gasteiger partial charge in [0.1, 0.15) is 5.82 Å². The number of imidazole rings is 1. The Labute approximate surface area is 134 Å². The highest BCUT2D eigenvalue weighted by atomic mass is 16.1. The molecule has 0 fully saturated rings. The molecule has 0 radical (unpaired) electrons. The molecular formula is C18H18N4O. The van der Waals surface area contributed by atoms with Gasteiger partial charge in [-0.2, -0.15) is 0 Å². The molecule has 3 rings (SSSR count). The fourth-order valence-electron chi connectivity index (χ4n) is 2.33. The number of aryl methyl sites for hydroxylation is 1. The predicted octanol–water partition coefficient (Wildman–Crippen LogP) is 3.08. The number of benzene rings is 1. The SMILES string of the molecule is CC(=O)NCc1nc(-c2ccc(C)cc2)c(-c2ccccn2)[nH]1. The number of aromatic amines is 1. The first-order valence-electron chi connectivity index (χ1n) is 7.45. The van der Waals surface area contributed by atoms with Gasteiger partial charge in [-0.25, -0.2) is 4.98 Å². The Balaban J connectivity index is 2.05. The molecule has 1 amide bonds. The molecule has 2 N–H and O–H groups in total. The van der Waals surface area contributed by atoms with E-state index in [1.165, 1.54) is 12.5 Å².